The van der Waals surface area contributed by atoms with Gasteiger partial charge in [0.05, 0.1) is 0 Å². The molecule has 0 saturated heterocycles. The predicted molar refractivity (Wildman–Crippen MR) is 68.4 cm³/mol. The molecule has 1 aliphatic heterocycles. The summed E-state index contributed by atoms with van der Waals surface area (Å²) in [5.41, 5.74) is 2.42. The van der Waals surface area contributed by atoms with Gasteiger partial charge in [-0.3, -0.25) is 0 Å². The van der Waals surface area contributed by atoms with Crippen molar-refractivity contribution in [3.8, 4) is 0 Å². The van der Waals surface area contributed by atoms with E-state index in [1.54, 1.807) is 0 Å². The van der Waals surface area contributed by atoms with Gasteiger partial charge in [-0.05, 0) is 18.6 Å². The maximum absolute atomic E-state index is 10.9. The largest absolute Gasteiger partial charge is 0.454 e. The summed E-state index contributed by atoms with van der Waals surface area (Å²) in [5, 5.41) is 0. The zero-order valence-electron chi connectivity index (χ0n) is 10.1. The second-order valence-electron chi connectivity index (χ2n) is 4.39. The number of benzene rings is 1. The van der Waals surface area contributed by atoms with Crippen LogP contribution in [-0.2, 0) is 9.53 Å². The number of aryl methyl sites for hydroxylation is 1. The number of carbonyl (C=O) groups is 1. The molecule has 0 fully saturated rings. The minimum absolute atomic E-state index is 0.121. The zero-order valence-corrected chi connectivity index (χ0v) is 10.1. The van der Waals surface area contributed by atoms with Gasteiger partial charge in [-0.15, -0.1) is 0 Å². The maximum Gasteiger partial charge on any atom is 0.331 e. The molecule has 1 heterocycles. The van der Waals surface area contributed by atoms with Gasteiger partial charge in [-0.1, -0.05) is 48.9 Å². The maximum atomic E-state index is 10.9. The third kappa shape index (κ3) is 3.06. The number of hydrogen-bond acceptors (Lipinski definition) is 2. The molecule has 2 rings (SSSR count). The van der Waals surface area contributed by atoms with Crippen molar-refractivity contribution in [3.63, 3.8) is 0 Å². The first-order valence-corrected chi connectivity index (χ1v) is 5.79. The van der Waals surface area contributed by atoms with Crippen LogP contribution in [0, 0.1) is 12.8 Å². The van der Waals surface area contributed by atoms with E-state index in [4.69, 9.17) is 4.74 Å². The van der Waals surface area contributed by atoms with Crippen LogP contribution in [0.25, 0.3) is 6.08 Å². The third-order valence-electron chi connectivity index (χ3n) is 2.86. The molecule has 0 radical (unpaired) electrons. The van der Waals surface area contributed by atoms with Crippen LogP contribution in [0.4, 0.5) is 0 Å². The highest BCUT2D eigenvalue weighted by atomic mass is 16.5. The van der Waals surface area contributed by atoms with E-state index in [0.29, 0.717) is 0 Å². The van der Waals surface area contributed by atoms with Gasteiger partial charge in [0, 0.05) is 12.0 Å². The molecular weight excluding hydrogens is 212 g/mol. The van der Waals surface area contributed by atoms with E-state index in [2.05, 4.69) is 43.3 Å². The number of ether oxygens (including phenoxy) is 1. The number of carbonyl (C=O) groups excluding carboxylic acids is 1. The summed E-state index contributed by atoms with van der Waals surface area (Å²) < 4.78 is 5.13. The van der Waals surface area contributed by atoms with Crippen molar-refractivity contribution < 1.29 is 9.53 Å². The van der Waals surface area contributed by atoms with Gasteiger partial charge in [-0.2, -0.15) is 0 Å². The van der Waals surface area contributed by atoms with Gasteiger partial charge in [0.2, 0.25) is 0 Å². The smallest absolute Gasteiger partial charge is 0.331 e. The van der Waals surface area contributed by atoms with Crippen molar-refractivity contribution >= 4 is 12.0 Å². The van der Waals surface area contributed by atoms with Crippen molar-refractivity contribution in [2.45, 2.75) is 20.0 Å². The quantitative estimate of drug-likeness (QED) is 0.743. The van der Waals surface area contributed by atoms with Gasteiger partial charge in [0.15, 0.2) is 0 Å². The average Bonchev–Trinajstić information content (AvgIpc) is 2.75. The average molecular weight is 228 g/mol. The second kappa shape index (κ2) is 5.00. The molecule has 0 bridgehead atoms. The summed E-state index contributed by atoms with van der Waals surface area (Å²) >= 11 is 0. The van der Waals surface area contributed by atoms with Crippen LogP contribution in [0.15, 0.2) is 42.5 Å². The number of rotatable bonds is 3. The molecule has 2 heteroatoms. The Balaban J connectivity index is 1.98. The molecule has 1 aromatic rings. The summed E-state index contributed by atoms with van der Waals surface area (Å²) in [6, 6.07) is 8.32. The van der Waals surface area contributed by atoms with Crippen LogP contribution in [0.3, 0.4) is 0 Å². The van der Waals surface area contributed by atoms with Gasteiger partial charge >= 0.3 is 5.97 Å². The molecule has 88 valence electrons. The molecule has 0 saturated carbocycles. The lowest BCUT2D eigenvalue weighted by Gasteiger charge is -2.12. The van der Waals surface area contributed by atoms with E-state index in [0.717, 1.165) is 5.56 Å². The molecular formula is C15H16O2. The molecule has 0 aromatic heterocycles. The monoisotopic (exact) mass is 228 g/mol. The predicted octanol–water partition coefficient (Wildman–Crippen LogP) is 3.13. The van der Waals surface area contributed by atoms with Crippen molar-refractivity contribution in [1.82, 2.24) is 0 Å². The normalized spacial score (nSPS) is 20.8. The lowest BCUT2D eigenvalue weighted by molar-refractivity contribution is -0.139. The van der Waals surface area contributed by atoms with Crippen molar-refractivity contribution in [1.29, 1.82) is 0 Å². The van der Waals surface area contributed by atoms with Crippen LogP contribution in [0.2, 0.25) is 0 Å². The minimum Gasteiger partial charge on any atom is -0.454 e. The first kappa shape index (κ1) is 11.6. The van der Waals surface area contributed by atoms with Crippen LogP contribution in [-0.4, -0.2) is 12.1 Å². The fourth-order valence-corrected chi connectivity index (χ4v) is 1.72. The number of cyclic esters (lactones) is 1. The third-order valence-corrected chi connectivity index (χ3v) is 2.86. The van der Waals surface area contributed by atoms with Crippen LogP contribution in [0.5, 0.6) is 0 Å². The molecule has 2 unspecified atom stereocenters. The SMILES string of the molecule is Cc1ccc(/C=C/C(C)C2C=CC(=O)O2)cc1. The Hall–Kier alpha value is -1.83. The highest BCUT2D eigenvalue weighted by Gasteiger charge is 2.20. The highest BCUT2D eigenvalue weighted by Crippen LogP contribution is 2.17. The number of hydrogen-bond donors (Lipinski definition) is 0. The Kier molecular flexibility index (Phi) is 3.43. The summed E-state index contributed by atoms with van der Waals surface area (Å²) in [6.07, 6.45) is 7.31. The molecule has 17 heavy (non-hydrogen) atoms. The molecule has 2 atom stereocenters. The Morgan fingerprint density at radius 3 is 2.59 bits per heavy atom. The summed E-state index contributed by atoms with van der Waals surface area (Å²) in [4.78, 5) is 10.9. The molecule has 2 nitrogen and oxygen atoms in total. The van der Waals surface area contributed by atoms with E-state index in [1.165, 1.54) is 11.6 Å². The standard InChI is InChI=1S/C15H16O2/c1-11-3-6-13(7-4-11)8-5-12(2)14-9-10-15(16)17-14/h3-10,12,14H,1-2H3/b8-5+. The van der Waals surface area contributed by atoms with Crippen LogP contribution >= 0.6 is 0 Å². The van der Waals surface area contributed by atoms with E-state index in [1.807, 2.05) is 13.0 Å². The summed E-state index contributed by atoms with van der Waals surface area (Å²) in [5.74, 6) is -0.0513. The van der Waals surface area contributed by atoms with Gasteiger partial charge in [0.1, 0.15) is 6.10 Å². The lowest BCUT2D eigenvalue weighted by Crippen LogP contribution is -2.15. The topological polar surface area (TPSA) is 26.3 Å². The summed E-state index contributed by atoms with van der Waals surface area (Å²) in [6.45, 7) is 4.11. The van der Waals surface area contributed by atoms with Crippen molar-refractivity contribution in [2.24, 2.45) is 5.92 Å². The fourth-order valence-electron chi connectivity index (χ4n) is 1.72. The Labute approximate surface area is 102 Å². The Bertz CT molecular complexity index is 454. The fraction of sp³-hybridized carbons (Fsp3) is 0.267. The molecule has 0 aliphatic carbocycles. The van der Waals surface area contributed by atoms with Gasteiger partial charge in [-0.25, -0.2) is 4.79 Å². The molecule has 0 amide bonds. The zero-order chi connectivity index (χ0) is 12.3. The lowest BCUT2D eigenvalue weighted by atomic mass is 10.0. The van der Waals surface area contributed by atoms with E-state index >= 15 is 0 Å². The van der Waals surface area contributed by atoms with Crippen LogP contribution in [0.1, 0.15) is 18.1 Å². The first-order valence-electron chi connectivity index (χ1n) is 5.79. The highest BCUT2D eigenvalue weighted by molar-refractivity contribution is 5.84. The van der Waals surface area contributed by atoms with Gasteiger partial charge < -0.3 is 4.74 Å². The second-order valence-corrected chi connectivity index (χ2v) is 4.39. The van der Waals surface area contributed by atoms with Crippen LogP contribution < -0.4 is 0 Å². The Morgan fingerprint density at radius 2 is 2.00 bits per heavy atom. The Morgan fingerprint density at radius 1 is 1.29 bits per heavy atom. The first-order chi connectivity index (χ1) is 8.15. The van der Waals surface area contributed by atoms with Gasteiger partial charge in [0.25, 0.3) is 0 Å². The van der Waals surface area contributed by atoms with E-state index in [9.17, 15) is 4.79 Å². The van der Waals surface area contributed by atoms with E-state index < -0.39 is 0 Å². The van der Waals surface area contributed by atoms with Crippen molar-refractivity contribution in [2.75, 3.05) is 0 Å². The molecule has 0 N–H and O–H groups in total. The molecule has 1 aliphatic rings. The molecule has 1 aromatic carbocycles. The minimum atomic E-state index is -0.245. The van der Waals surface area contributed by atoms with E-state index in [-0.39, 0.29) is 18.0 Å². The van der Waals surface area contributed by atoms with Crippen molar-refractivity contribution in [3.05, 3.63) is 53.6 Å². The number of esters is 1. The molecule has 0 spiro atoms. The summed E-state index contributed by atoms with van der Waals surface area (Å²) in [7, 11) is 0.